The fraction of sp³-hybridized carbons (Fsp3) is 0.625. The van der Waals surface area contributed by atoms with Crippen LogP contribution in [0, 0.1) is 11.7 Å². The Morgan fingerprint density at radius 2 is 2.15 bits per heavy atom. The van der Waals surface area contributed by atoms with Crippen LogP contribution >= 0.6 is 0 Å². The van der Waals surface area contributed by atoms with E-state index >= 15 is 0 Å². The number of ether oxygens (including phenoxy) is 2. The normalized spacial score (nSPS) is 28.1. The molecule has 0 aromatic heterocycles. The Morgan fingerprint density at radius 1 is 1.40 bits per heavy atom. The van der Waals surface area contributed by atoms with Crippen LogP contribution in [0.15, 0.2) is 18.2 Å². The summed E-state index contributed by atoms with van der Waals surface area (Å²) >= 11 is 0. The standard InChI is InChI=1S/C16H24FNO2/c1-11-6-5-9-16(10-11,20-3)15(18)12-7-4-8-13(19-2)14(12)17/h4,7-8,11,15H,5-6,9-10,18H2,1-3H3. The Bertz CT molecular complexity index is 466. The molecule has 3 unspecified atom stereocenters. The number of hydrogen-bond donors (Lipinski definition) is 1. The Kier molecular flexibility index (Phi) is 4.66. The molecule has 20 heavy (non-hydrogen) atoms. The van der Waals surface area contributed by atoms with Crippen molar-refractivity contribution in [3.8, 4) is 5.75 Å². The van der Waals surface area contributed by atoms with Crippen LogP contribution in [0.1, 0.15) is 44.2 Å². The van der Waals surface area contributed by atoms with E-state index in [0.717, 1.165) is 19.3 Å². The fourth-order valence-corrected chi connectivity index (χ4v) is 3.35. The molecule has 0 saturated heterocycles. The minimum Gasteiger partial charge on any atom is -0.494 e. The van der Waals surface area contributed by atoms with E-state index in [1.165, 1.54) is 13.5 Å². The van der Waals surface area contributed by atoms with E-state index < -0.39 is 11.6 Å². The predicted molar refractivity (Wildman–Crippen MR) is 77.3 cm³/mol. The van der Waals surface area contributed by atoms with Crippen molar-refractivity contribution >= 4 is 0 Å². The van der Waals surface area contributed by atoms with E-state index in [-0.39, 0.29) is 11.6 Å². The van der Waals surface area contributed by atoms with Gasteiger partial charge in [0.2, 0.25) is 0 Å². The van der Waals surface area contributed by atoms with Gasteiger partial charge in [0.15, 0.2) is 11.6 Å². The molecular formula is C16H24FNO2. The topological polar surface area (TPSA) is 44.5 Å². The molecule has 1 aliphatic rings. The second-order valence-electron chi connectivity index (χ2n) is 5.81. The van der Waals surface area contributed by atoms with Crippen LogP contribution in [-0.2, 0) is 4.74 Å². The molecule has 1 aromatic rings. The van der Waals surface area contributed by atoms with Gasteiger partial charge in [0.1, 0.15) is 0 Å². The highest BCUT2D eigenvalue weighted by molar-refractivity contribution is 5.34. The molecule has 3 atom stereocenters. The summed E-state index contributed by atoms with van der Waals surface area (Å²) in [7, 11) is 3.14. The van der Waals surface area contributed by atoms with Crippen molar-refractivity contribution in [2.75, 3.05) is 14.2 Å². The van der Waals surface area contributed by atoms with Gasteiger partial charge in [0.05, 0.1) is 18.8 Å². The molecule has 2 rings (SSSR count). The number of hydrogen-bond acceptors (Lipinski definition) is 3. The minimum absolute atomic E-state index is 0.230. The minimum atomic E-state index is -0.481. The summed E-state index contributed by atoms with van der Waals surface area (Å²) in [6, 6.07) is 4.62. The van der Waals surface area contributed by atoms with Gasteiger partial charge in [-0.25, -0.2) is 4.39 Å². The zero-order valence-electron chi connectivity index (χ0n) is 12.5. The lowest BCUT2D eigenvalue weighted by molar-refractivity contribution is -0.0725. The van der Waals surface area contributed by atoms with E-state index in [1.54, 1.807) is 25.3 Å². The van der Waals surface area contributed by atoms with Gasteiger partial charge in [0.25, 0.3) is 0 Å². The third kappa shape index (κ3) is 2.67. The highest BCUT2D eigenvalue weighted by Gasteiger charge is 2.42. The van der Waals surface area contributed by atoms with Crippen molar-refractivity contribution in [3.05, 3.63) is 29.6 Å². The number of methoxy groups -OCH3 is 2. The first-order valence-electron chi connectivity index (χ1n) is 7.17. The zero-order valence-corrected chi connectivity index (χ0v) is 12.5. The van der Waals surface area contributed by atoms with Gasteiger partial charge in [-0.1, -0.05) is 31.9 Å². The molecular weight excluding hydrogens is 257 g/mol. The molecule has 0 radical (unpaired) electrons. The van der Waals surface area contributed by atoms with E-state index in [1.807, 2.05) is 0 Å². The van der Waals surface area contributed by atoms with Gasteiger partial charge < -0.3 is 15.2 Å². The molecule has 1 aromatic carbocycles. The van der Waals surface area contributed by atoms with E-state index in [4.69, 9.17) is 15.2 Å². The lowest BCUT2D eigenvalue weighted by atomic mass is 9.73. The smallest absolute Gasteiger partial charge is 0.169 e. The average Bonchev–Trinajstić information content (AvgIpc) is 2.46. The maximum Gasteiger partial charge on any atom is 0.169 e. The summed E-state index contributed by atoms with van der Waals surface area (Å²) in [5.74, 6) is 0.397. The quantitative estimate of drug-likeness (QED) is 0.919. The fourth-order valence-electron chi connectivity index (χ4n) is 3.35. The SMILES string of the molecule is COc1cccc(C(N)C2(OC)CCCC(C)C2)c1F. The largest absolute Gasteiger partial charge is 0.494 e. The second-order valence-corrected chi connectivity index (χ2v) is 5.81. The monoisotopic (exact) mass is 281 g/mol. The van der Waals surface area contributed by atoms with E-state index in [9.17, 15) is 4.39 Å². The van der Waals surface area contributed by atoms with Crippen molar-refractivity contribution < 1.29 is 13.9 Å². The molecule has 1 fully saturated rings. The zero-order chi connectivity index (χ0) is 14.8. The maximum atomic E-state index is 14.4. The van der Waals surface area contributed by atoms with Crippen LogP contribution in [0.2, 0.25) is 0 Å². The van der Waals surface area contributed by atoms with Crippen LogP contribution in [-0.4, -0.2) is 19.8 Å². The maximum absolute atomic E-state index is 14.4. The second kappa shape index (κ2) is 6.10. The van der Waals surface area contributed by atoms with Gasteiger partial charge in [-0.2, -0.15) is 0 Å². The van der Waals surface area contributed by atoms with Gasteiger partial charge in [-0.05, 0) is 24.8 Å². The lowest BCUT2D eigenvalue weighted by Crippen LogP contribution is -2.46. The molecule has 0 aliphatic heterocycles. The average molecular weight is 281 g/mol. The molecule has 0 spiro atoms. The number of benzene rings is 1. The summed E-state index contributed by atoms with van der Waals surface area (Å²) in [4.78, 5) is 0. The first-order chi connectivity index (χ1) is 9.54. The molecule has 112 valence electrons. The summed E-state index contributed by atoms with van der Waals surface area (Å²) in [6.45, 7) is 2.20. The van der Waals surface area contributed by atoms with Crippen LogP contribution in [0.4, 0.5) is 4.39 Å². The summed E-state index contributed by atoms with van der Waals surface area (Å²) < 4.78 is 25.2. The molecule has 1 aliphatic carbocycles. The van der Waals surface area contributed by atoms with Gasteiger partial charge in [0, 0.05) is 12.7 Å². The highest BCUT2D eigenvalue weighted by Crippen LogP contribution is 2.43. The van der Waals surface area contributed by atoms with Crippen molar-refractivity contribution in [1.82, 2.24) is 0 Å². The van der Waals surface area contributed by atoms with Crippen molar-refractivity contribution in [1.29, 1.82) is 0 Å². The summed E-state index contributed by atoms with van der Waals surface area (Å²) in [5, 5.41) is 0. The van der Waals surface area contributed by atoms with Crippen molar-refractivity contribution in [2.24, 2.45) is 11.7 Å². The predicted octanol–water partition coefficient (Wildman–Crippen LogP) is 3.43. The third-order valence-corrected chi connectivity index (χ3v) is 4.51. The van der Waals surface area contributed by atoms with Crippen LogP contribution in [0.5, 0.6) is 5.75 Å². The summed E-state index contributed by atoms with van der Waals surface area (Å²) in [5.41, 5.74) is 6.37. The third-order valence-electron chi connectivity index (χ3n) is 4.51. The molecule has 0 amide bonds. The van der Waals surface area contributed by atoms with Gasteiger partial charge >= 0.3 is 0 Å². The molecule has 4 heteroatoms. The Hall–Kier alpha value is -1.13. The Balaban J connectivity index is 2.35. The van der Waals surface area contributed by atoms with Crippen LogP contribution in [0.25, 0.3) is 0 Å². The molecule has 0 bridgehead atoms. The summed E-state index contributed by atoms with van der Waals surface area (Å²) in [6.07, 6.45) is 3.97. The number of halogens is 1. The highest BCUT2D eigenvalue weighted by atomic mass is 19.1. The van der Waals surface area contributed by atoms with Crippen molar-refractivity contribution in [2.45, 2.75) is 44.2 Å². The Morgan fingerprint density at radius 3 is 2.75 bits per heavy atom. The molecule has 0 heterocycles. The molecule has 3 nitrogen and oxygen atoms in total. The molecule has 2 N–H and O–H groups in total. The van der Waals surface area contributed by atoms with Crippen LogP contribution in [0.3, 0.4) is 0 Å². The number of rotatable bonds is 4. The van der Waals surface area contributed by atoms with Gasteiger partial charge in [-0.15, -0.1) is 0 Å². The van der Waals surface area contributed by atoms with Crippen LogP contribution < -0.4 is 10.5 Å². The van der Waals surface area contributed by atoms with Crippen molar-refractivity contribution in [3.63, 3.8) is 0 Å². The number of nitrogens with two attached hydrogens (primary N) is 1. The molecule has 1 saturated carbocycles. The Labute approximate surface area is 120 Å². The first kappa shape index (κ1) is 15.3. The van der Waals surface area contributed by atoms with E-state index in [2.05, 4.69) is 6.92 Å². The van der Waals surface area contributed by atoms with E-state index in [0.29, 0.717) is 11.5 Å². The van der Waals surface area contributed by atoms with Gasteiger partial charge in [-0.3, -0.25) is 0 Å². The first-order valence-corrected chi connectivity index (χ1v) is 7.17. The lowest BCUT2D eigenvalue weighted by Gasteiger charge is -2.43.